The van der Waals surface area contributed by atoms with Crippen LogP contribution in [-0.2, 0) is 6.18 Å². The van der Waals surface area contributed by atoms with Gasteiger partial charge in [-0.25, -0.2) is 4.39 Å². The van der Waals surface area contributed by atoms with E-state index in [1.54, 1.807) is 0 Å². The zero-order valence-corrected chi connectivity index (χ0v) is 9.67. The van der Waals surface area contributed by atoms with E-state index in [-0.39, 0.29) is 6.04 Å². The first-order valence-electron chi connectivity index (χ1n) is 5.63. The first-order chi connectivity index (χ1) is 8.79. The normalized spacial score (nSPS) is 22.8. The molecule has 0 atom stereocenters. The summed E-state index contributed by atoms with van der Waals surface area (Å²) in [5, 5.41) is 11.4. The van der Waals surface area contributed by atoms with Crippen LogP contribution >= 0.6 is 0 Å². The Morgan fingerprint density at radius 2 is 1.95 bits per heavy atom. The second-order valence-electron chi connectivity index (χ2n) is 4.46. The summed E-state index contributed by atoms with van der Waals surface area (Å²) in [5.74, 6) is -2.48. The monoisotopic (exact) mass is 277 g/mol. The van der Waals surface area contributed by atoms with E-state index < -0.39 is 35.1 Å². The number of aliphatic hydroxyl groups excluding tert-OH is 1. The fourth-order valence-electron chi connectivity index (χ4n) is 1.90. The second-order valence-corrected chi connectivity index (χ2v) is 4.46. The van der Waals surface area contributed by atoms with Crippen LogP contribution < -0.4 is 5.32 Å². The molecule has 1 saturated carbocycles. The van der Waals surface area contributed by atoms with Crippen LogP contribution in [0.5, 0.6) is 0 Å². The lowest BCUT2D eigenvalue weighted by atomic mass is 9.89. The van der Waals surface area contributed by atoms with Gasteiger partial charge in [0.2, 0.25) is 0 Å². The van der Waals surface area contributed by atoms with Crippen molar-refractivity contribution < 1.29 is 27.5 Å². The number of carbonyl (C=O) groups is 1. The summed E-state index contributed by atoms with van der Waals surface area (Å²) in [4.78, 5) is 11.7. The molecule has 1 amide bonds. The van der Waals surface area contributed by atoms with Crippen molar-refractivity contribution in [2.45, 2.75) is 31.2 Å². The van der Waals surface area contributed by atoms with E-state index in [0.717, 1.165) is 12.1 Å². The molecule has 1 fully saturated rings. The summed E-state index contributed by atoms with van der Waals surface area (Å²) in [6.07, 6.45) is -4.71. The highest BCUT2D eigenvalue weighted by molar-refractivity contribution is 5.95. The zero-order chi connectivity index (χ0) is 14.2. The van der Waals surface area contributed by atoms with Gasteiger partial charge in [-0.1, -0.05) is 6.07 Å². The Hall–Kier alpha value is -1.63. The van der Waals surface area contributed by atoms with Crippen LogP contribution in [-0.4, -0.2) is 23.2 Å². The fraction of sp³-hybridized carbons (Fsp3) is 0.417. The first-order valence-corrected chi connectivity index (χ1v) is 5.63. The molecule has 1 aromatic carbocycles. The average Bonchev–Trinajstić information content (AvgIpc) is 2.25. The molecule has 0 aromatic heterocycles. The summed E-state index contributed by atoms with van der Waals surface area (Å²) >= 11 is 0. The number of alkyl halides is 3. The Balaban J connectivity index is 2.18. The van der Waals surface area contributed by atoms with Crippen molar-refractivity contribution in [3.8, 4) is 0 Å². The Morgan fingerprint density at radius 3 is 2.47 bits per heavy atom. The highest BCUT2D eigenvalue weighted by Gasteiger charge is 2.36. The molecule has 1 aromatic rings. The molecule has 3 nitrogen and oxygen atoms in total. The Kier molecular flexibility index (Phi) is 3.49. The maximum Gasteiger partial charge on any atom is 0.419 e. The molecule has 0 heterocycles. The van der Waals surface area contributed by atoms with Crippen LogP contribution in [0.4, 0.5) is 17.6 Å². The van der Waals surface area contributed by atoms with Crippen molar-refractivity contribution in [1.82, 2.24) is 5.32 Å². The number of rotatable bonds is 2. The number of aliphatic hydroxyl groups is 1. The van der Waals surface area contributed by atoms with E-state index in [2.05, 4.69) is 5.32 Å². The van der Waals surface area contributed by atoms with Crippen molar-refractivity contribution in [3.63, 3.8) is 0 Å². The second kappa shape index (κ2) is 4.80. The molecule has 0 unspecified atom stereocenters. The minimum atomic E-state index is -4.84. The third-order valence-corrected chi connectivity index (χ3v) is 3.00. The molecule has 7 heteroatoms. The number of hydrogen-bond donors (Lipinski definition) is 2. The van der Waals surface area contributed by atoms with Crippen LogP contribution in [0.25, 0.3) is 0 Å². The van der Waals surface area contributed by atoms with E-state index in [9.17, 15) is 22.4 Å². The minimum Gasteiger partial charge on any atom is -0.393 e. The number of hydrogen-bond acceptors (Lipinski definition) is 2. The van der Waals surface area contributed by atoms with E-state index in [1.807, 2.05) is 0 Å². The summed E-state index contributed by atoms with van der Waals surface area (Å²) in [7, 11) is 0. The third kappa shape index (κ3) is 2.86. The maximum atomic E-state index is 13.6. The maximum absolute atomic E-state index is 13.6. The van der Waals surface area contributed by atoms with Crippen molar-refractivity contribution in [3.05, 3.63) is 35.1 Å². The molecule has 19 heavy (non-hydrogen) atoms. The third-order valence-electron chi connectivity index (χ3n) is 3.00. The molecular weight excluding hydrogens is 266 g/mol. The number of nitrogens with one attached hydrogen (secondary N) is 1. The van der Waals surface area contributed by atoms with Crippen LogP contribution in [0.2, 0.25) is 0 Å². The predicted molar refractivity (Wildman–Crippen MR) is 57.9 cm³/mol. The van der Waals surface area contributed by atoms with Gasteiger partial charge in [0.15, 0.2) is 0 Å². The summed E-state index contributed by atoms with van der Waals surface area (Å²) < 4.78 is 51.1. The van der Waals surface area contributed by atoms with Gasteiger partial charge in [-0.15, -0.1) is 0 Å². The van der Waals surface area contributed by atoms with E-state index in [0.29, 0.717) is 18.9 Å². The number of amides is 1. The lowest BCUT2D eigenvalue weighted by Crippen LogP contribution is -2.47. The fourth-order valence-corrected chi connectivity index (χ4v) is 1.90. The molecule has 1 aliphatic carbocycles. The van der Waals surface area contributed by atoms with Crippen molar-refractivity contribution in [2.24, 2.45) is 0 Å². The van der Waals surface area contributed by atoms with Crippen LogP contribution in [0, 0.1) is 5.82 Å². The van der Waals surface area contributed by atoms with Gasteiger partial charge in [-0.05, 0) is 25.0 Å². The standard InChI is InChI=1S/C12H11F4NO2/c13-10-8(2-1-3-9(10)12(14,15)16)11(19)17-6-4-7(18)5-6/h1-3,6-7,18H,4-5H2,(H,17,19). The van der Waals surface area contributed by atoms with E-state index in [4.69, 9.17) is 5.11 Å². The lowest BCUT2D eigenvalue weighted by Gasteiger charge is -2.32. The van der Waals surface area contributed by atoms with Crippen LogP contribution in [0.15, 0.2) is 18.2 Å². The van der Waals surface area contributed by atoms with E-state index >= 15 is 0 Å². The Morgan fingerprint density at radius 1 is 1.32 bits per heavy atom. The predicted octanol–water partition coefficient (Wildman–Crippen LogP) is 2.10. The van der Waals surface area contributed by atoms with Gasteiger partial charge in [0.05, 0.1) is 17.2 Å². The smallest absolute Gasteiger partial charge is 0.393 e. The Bertz CT molecular complexity index is 495. The van der Waals surface area contributed by atoms with Gasteiger partial charge in [-0.2, -0.15) is 13.2 Å². The molecule has 0 radical (unpaired) electrons. The summed E-state index contributed by atoms with van der Waals surface area (Å²) in [5.41, 5.74) is -2.11. The average molecular weight is 277 g/mol. The van der Waals surface area contributed by atoms with Crippen LogP contribution in [0.3, 0.4) is 0 Å². The van der Waals surface area contributed by atoms with Crippen molar-refractivity contribution in [2.75, 3.05) is 0 Å². The number of carbonyl (C=O) groups excluding carboxylic acids is 1. The molecule has 104 valence electrons. The minimum absolute atomic E-state index is 0.323. The van der Waals surface area contributed by atoms with E-state index in [1.165, 1.54) is 0 Å². The number of benzene rings is 1. The van der Waals surface area contributed by atoms with Gasteiger partial charge >= 0.3 is 6.18 Å². The van der Waals surface area contributed by atoms with Crippen molar-refractivity contribution >= 4 is 5.91 Å². The first kappa shape index (κ1) is 13.8. The quantitative estimate of drug-likeness (QED) is 0.813. The molecule has 0 saturated heterocycles. The van der Waals surface area contributed by atoms with Gasteiger partial charge in [0.1, 0.15) is 5.82 Å². The van der Waals surface area contributed by atoms with Gasteiger partial charge < -0.3 is 10.4 Å². The molecule has 0 spiro atoms. The SMILES string of the molecule is O=C(NC1CC(O)C1)c1cccc(C(F)(F)F)c1F. The van der Waals surface area contributed by atoms with Crippen molar-refractivity contribution in [1.29, 1.82) is 0 Å². The van der Waals surface area contributed by atoms with Crippen LogP contribution in [0.1, 0.15) is 28.8 Å². The Labute approximate surface area is 106 Å². The lowest BCUT2D eigenvalue weighted by molar-refractivity contribution is -0.140. The molecule has 1 aliphatic rings. The largest absolute Gasteiger partial charge is 0.419 e. The molecule has 0 aliphatic heterocycles. The molecule has 2 rings (SSSR count). The topological polar surface area (TPSA) is 49.3 Å². The molecular formula is C12H11F4NO2. The highest BCUT2D eigenvalue weighted by Crippen LogP contribution is 2.32. The molecule has 2 N–H and O–H groups in total. The summed E-state index contributed by atoms with van der Waals surface area (Å²) in [6.45, 7) is 0. The molecule has 0 bridgehead atoms. The van der Waals surface area contributed by atoms with Gasteiger partial charge in [-0.3, -0.25) is 4.79 Å². The van der Waals surface area contributed by atoms with Gasteiger partial charge in [0, 0.05) is 6.04 Å². The highest BCUT2D eigenvalue weighted by atomic mass is 19.4. The number of halogens is 4. The van der Waals surface area contributed by atoms with Gasteiger partial charge in [0.25, 0.3) is 5.91 Å². The summed E-state index contributed by atoms with van der Waals surface area (Å²) in [6, 6.07) is 2.24. The zero-order valence-electron chi connectivity index (χ0n) is 9.67.